The van der Waals surface area contributed by atoms with Gasteiger partial charge in [0.05, 0.1) is 10.7 Å². The molecule has 0 radical (unpaired) electrons. The fourth-order valence-corrected chi connectivity index (χ4v) is 2.67. The van der Waals surface area contributed by atoms with Crippen LogP contribution in [-0.4, -0.2) is 5.91 Å². The van der Waals surface area contributed by atoms with Gasteiger partial charge in [-0.2, -0.15) is 0 Å². The summed E-state index contributed by atoms with van der Waals surface area (Å²) in [4.78, 5) is 12.7. The molecular formula is C19H13Cl2NO. The van der Waals surface area contributed by atoms with Crippen molar-refractivity contribution in [2.75, 3.05) is 5.32 Å². The summed E-state index contributed by atoms with van der Waals surface area (Å²) in [5, 5.41) is 3.78. The van der Waals surface area contributed by atoms with Crippen LogP contribution in [0.5, 0.6) is 0 Å². The highest BCUT2D eigenvalue weighted by molar-refractivity contribution is 6.36. The van der Waals surface area contributed by atoms with Crippen molar-refractivity contribution in [3.63, 3.8) is 0 Å². The maximum Gasteiger partial charge on any atom is 0.256 e. The Morgan fingerprint density at radius 3 is 2.30 bits per heavy atom. The van der Waals surface area contributed by atoms with Gasteiger partial charge in [0.1, 0.15) is 0 Å². The highest BCUT2D eigenvalue weighted by atomic mass is 35.5. The van der Waals surface area contributed by atoms with Crippen molar-refractivity contribution >= 4 is 34.8 Å². The van der Waals surface area contributed by atoms with Gasteiger partial charge in [-0.15, -0.1) is 0 Å². The van der Waals surface area contributed by atoms with Gasteiger partial charge in [0.25, 0.3) is 5.91 Å². The molecule has 23 heavy (non-hydrogen) atoms. The number of hydrogen-bond acceptors (Lipinski definition) is 1. The molecule has 4 heteroatoms. The van der Waals surface area contributed by atoms with Crippen LogP contribution >= 0.6 is 23.2 Å². The van der Waals surface area contributed by atoms with Gasteiger partial charge in [0, 0.05) is 10.6 Å². The molecule has 3 aromatic rings. The van der Waals surface area contributed by atoms with E-state index in [0.717, 1.165) is 11.1 Å². The number of rotatable bonds is 3. The average Bonchev–Trinajstić information content (AvgIpc) is 2.59. The molecule has 0 aliphatic carbocycles. The van der Waals surface area contributed by atoms with Crippen molar-refractivity contribution in [2.45, 2.75) is 0 Å². The second-order valence-electron chi connectivity index (χ2n) is 4.99. The van der Waals surface area contributed by atoms with Crippen molar-refractivity contribution in [3.05, 3.63) is 88.4 Å². The molecule has 0 spiro atoms. The summed E-state index contributed by atoms with van der Waals surface area (Å²) in [6, 6.07) is 22.2. The van der Waals surface area contributed by atoms with Crippen LogP contribution in [0.3, 0.4) is 0 Å². The minimum Gasteiger partial charge on any atom is -0.321 e. The molecule has 0 heterocycles. The molecule has 0 atom stereocenters. The lowest BCUT2D eigenvalue weighted by atomic mass is 9.99. The normalized spacial score (nSPS) is 10.3. The Morgan fingerprint density at radius 2 is 1.52 bits per heavy atom. The standard InChI is InChI=1S/C19H13Cl2NO/c20-14-10-11-17(21)18(12-14)22-19(23)16-9-5-4-8-15(16)13-6-2-1-3-7-13/h1-12H,(H,22,23). The van der Waals surface area contributed by atoms with Gasteiger partial charge >= 0.3 is 0 Å². The molecule has 0 aliphatic rings. The summed E-state index contributed by atoms with van der Waals surface area (Å²) in [6.07, 6.45) is 0. The fraction of sp³-hybridized carbons (Fsp3) is 0. The van der Waals surface area contributed by atoms with Crippen molar-refractivity contribution in [1.29, 1.82) is 0 Å². The summed E-state index contributed by atoms with van der Waals surface area (Å²) in [5.74, 6) is -0.228. The van der Waals surface area contributed by atoms with Gasteiger partial charge in [-0.25, -0.2) is 0 Å². The van der Waals surface area contributed by atoms with Crippen LogP contribution < -0.4 is 5.32 Å². The molecule has 0 fully saturated rings. The zero-order valence-electron chi connectivity index (χ0n) is 12.1. The Kier molecular flexibility index (Phi) is 4.65. The monoisotopic (exact) mass is 341 g/mol. The summed E-state index contributed by atoms with van der Waals surface area (Å²) in [6.45, 7) is 0. The summed E-state index contributed by atoms with van der Waals surface area (Å²) < 4.78 is 0. The zero-order chi connectivity index (χ0) is 16.2. The number of nitrogens with one attached hydrogen (secondary N) is 1. The van der Waals surface area contributed by atoms with E-state index in [9.17, 15) is 4.79 Å². The Bertz CT molecular complexity index is 847. The first-order valence-electron chi connectivity index (χ1n) is 7.06. The second-order valence-corrected chi connectivity index (χ2v) is 5.83. The molecule has 114 valence electrons. The minimum absolute atomic E-state index is 0.228. The van der Waals surface area contributed by atoms with E-state index < -0.39 is 0 Å². The maximum absolute atomic E-state index is 12.7. The summed E-state index contributed by atoms with van der Waals surface area (Å²) >= 11 is 12.1. The van der Waals surface area contributed by atoms with E-state index >= 15 is 0 Å². The van der Waals surface area contributed by atoms with Crippen LogP contribution in [0.15, 0.2) is 72.8 Å². The maximum atomic E-state index is 12.7. The number of carbonyl (C=O) groups is 1. The second kappa shape index (κ2) is 6.86. The van der Waals surface area contributed by atoms with Crippen molar-refractivity contribution in [3.8, 4) is 11.1 Å². The smallest absolute Gasteiger partial charge is 0.256 e. The van der Waals surface area contributed by atoms with Gasteiger partial charge < -0.3 is 5.32 Å². The number of halogens is 2. The number of amides is 1. The van der Waals surface area contributed by atoms with Gasteiger partial charge in [-0.05, 0) is 35.4 Å². The predicted molar refractivity (Wildman–Crippen MR) is 96.3 cm³/mol. The highest BCUT2D eigenvalue weighted by Gasteiger charge is 2.13. The van der Waals surface area contributed by atoms with Gasteiger partial charge in [0.15, 0.2) is 0 Å². The number of benzene rings is 3. The van der Waals surface area contributed by atoms with E-state index in [0.29, 0.717) is 21.3 Å². The molecule has 0 saturated carbocycles. The minimum atomic E-state index is -0.228. The number of anilines is 1. The Labute approximate surface area is 144 Å². The zero-order valence-corrected chi connectivity index (χ0v) is 13.6. The molecule has 3 rings (SSSR count). The first kappa shape index (κ1) is 15.6. The van der Waals surface area contributed by atoms with Gasteiger partial charge in [0.2, 0.25) is 0 Å². The Hall–Kier alpha value is -2.29. The molecular weight excluding hydrogens is 329 g/mol. The SMILES string of the molecule is O=C(Nc1cc(Cl)ccc1Cl)c1ccccc1-c1ccccc1. The van der Waals surface area contributed by atoms with E-state index in [4.69, 9.17) is 23.2 Å². The predicted octanol–water partition coefficient (Wildman–Crippen LogP) is 5.91. The lowest BCUT2D eigenvalue weighted by Crippen LogP contribution is -2.13. The Balaban J connectivity index is 1.96. The van der Waals surface area contributed by atoms with Crippen molar-refractivity contribution in [1.82, 2.24) is 0 Å². The molecule has 2 nitrogen and oxygen atoms in total. The number of hydrogen-bond donors (Lipinski definition) is 1. The summed E-state index contributed by atoms with van der Waals surface area (Å²) in [5.41, 5.74) is 2.92. The highest BCUT2D eigenvalue weighted by Crippen LogP contribution is 2.28. The van der Waals surface area contributed by atoms with E-state index in [1.54, 1.807) is 24.3 Å². The molecule has 0 bridgehead atoms. The van der Waals surface area contributed by atoms with E-state index in [2.05, 4.69) is 5.32 Å². The Morgan fingerprint density at radius 1 is 0.826 bits per heavy atom. The summed E-state index contributed by atoms with van der Waals surface area (Å²) in [7, 11) is 0. The van der Waals surface area contributed by atoms with E-state index in [1.165, 1.54) is 0 Å². The van der Waals surface area contributed by atoms with Crippen LogP contribution in [0.25, 0.3) is 11.1 Å². The van der Waals surface area contributed by atoms with Gasteiger partial charge in [-0.1, -0.05) is 71.7 Å². The quantitative estimate of drug-likeness (QED) is 0.630. The van der Waals surface area contributed by atoms with Crippen LogP contribution in [0.2, 0.25) is 10.0 Å². The molecule has 1 amide bonds. The van der Waals surface area contributed by atoms with Crippen LogP contribution in [0.4, 0.5) is 5.69 Å². The van der Waals surface area contributed by atoms with E-state index in [1.807, 2.05) is 48.5 Å². The van der Waals surface area contributed by atoms with Gasteiger partial charge in [-0.3, -0.25) is 4.79 Å². The van der Waals surface area contributed by atoms with E-state index in [-0.39, 0.29) is 5.91 Å². The molecule has 0 unspecified atom stereocenters. The van der Waals surface area contributed by atoms with Crippen LogP contribution in [-0.2, 0) is 0 Å². The average molecular weight is 342 g/mol. The largest absolute Gasteiger partial charge is 0.321 e. The fourth-order valence-electron chi connectivity index (χ4n) is 2.33. The third-order valence-corrected chi connectivity index (χ3v) is 4.00. The van der Waals surface area contributed by atoms with Crippen LogP contribution in [0, 0.1) is 0 Å². The molecule has 3 aromatic carbocycles. The van der Waals surface area contributed by atoms with Crippen molar-refractivity contribution in [2.24, 2.45) is 0 Å². The lowest BCUT2D eigenvalue weighted by molar-refractivity contribution is 0.102. The van der Waals surface area contributed by atoms with Crippen molar-refractivity contribution < 1.29 is 4.79 Å². The topological polar surface area (TPSA) is 29.1 Å². The molecule has 0 saturated heterocycles. The first-order chi connectivity index (χ1) is 11.1. The van der Waals surface area contributed by atoms with Crippen LogP contribution in [0.1, 0.15) is 10.4 Å². The molecule has 1 N–H and O–H groups in total. The molecule has 0 aromatic heterocycles. The molecule has 0 aliphatic heterocycles. The third-order valence-electron chi connectivity index (χ3n) is 3.43. The number of carbonyl (C=O) groups excluding carboxylic acids is 1. The third kappa shape index (κ3) is 3.55. The first-order valence-corrected chi connectivity index (χ1v) is 7.81. The lowest BCUT2D eigenvalue weighted by Gasteiger charge is -2.11.